The molecular formula is C15H19NO2S. The number of methoxy groups -OCH3 is 2. The zero-order valence-electron chi connectivity index (χ0n) is 11.7. The summed E-state index contributed by atoms with van der Waals surface area (Å²) in [5.74, 6) is 1.52. The second-order valence-electron chi connectivity index (χ2n) is 4.46. The van der Waals surface area contributed by atoms with Gasteiger partial charge in [-0.15, -0.1) is 11.3 Å². The van der Waals surface area contributed by atoms with Crippen LogP contribution in [-0.2, 0) is 0 Å². The van der Waals surface area contributed by atoms with Gasteiger partial charge in [-0.2, -0.15) is 0 Å². The molecule has 0 spiro atoms. The summed E-state index contributed by atoms with van der Waals surface area (Å²) in [6.07, 6.45) is 0. The number of rotatable bonds is 4. The Labute approximate surface area is 118 Å². The number of benzene rings is 1. The highest BCUT2D eigenvalue weighted by atomic mass is 32.1. The molecule has 2 N–H and O–H groups in total. The maximum Gasteiger partial charge on any atom is 0.127 e. The van der Waals surface area contributed by atoms with E-state index < -0.39 is 0 Å². The Kier molecular flexibility index (Phi) is 4.12. The molecule has 2 rings (SSSR count). The summed E-state index contributed by atoms with van der Waals surface area (Å²) >= 11 is 1.72. The van der Waals surface area contributed by atoms with E-state index in [2.05, 4.69) is 19.9 Å². The van der Waals surface area contributed by atoms with E-state index >= 15 is 0 Å². The fraction of sp³-hybridized carbons (Fsp3) is 0.333. The lowest BCUT2D eigenvalue weighted by atomic mass is 10.0. The number of hydrogen-bond acceptors (Lipinski definition) is 4. The van der Waals surface area contributed by atoms with Gasteiger partial charge in [0.2, 0.25) is 0 Å². The maximum absolute atomic E-state index is 6.43. The molecule has 102 valence electrons. The summed E-state index contributed by atoms with van der Waals surface area (Å²) in [6, 6.07) is 7.65. The van der Waals surface area contributed by atoms with Crippen LogP contribution in [0.5, 0.6) is 11.5 Å². The van der Waals surface area contributed by atoms with Gasteiger partial charge < -0.3 is 15.2 Å². The van der Waals surface area contributed by atoms with Crippen molar-refractivity contribution < 1.29 is 9.47 Å². The second-order valence-corrected chi connectivity index (χ2v) is 5.75. The fourth-order valence-corrected chi connectivity index (χ4v) is 3.33. The Morgan fingerprint density at radius 3 is 2.11 bits per heavy atom. The van der Waals surface area contributed by atoms with Crippen LogP contribution in [0.1, 0.15) is 26.9 Å². The van der Waals surface area contributed by atoms with Gasteiger partial charge in [0.25, 0.3) is 0 Å². The molecular weight excluding hydrogens is 258 g/mol. The van der Waals surface area contributed by atoms with Crippen molar-refractivity contribution in [2.24, 2.45) is 5.73 Å². The van der Waals surface area contributed by atoms with E-state index in [4.69, 9.17) is 15.2 Å². The van der Waals surface area contributed by atoms with E-state index in [1.165, 1.54) is 10.4 Å². The Hall–Kier alpha value is -1.52. The summed E-state index contributed by atoms with van der Waals surface area (Å²) < 4.78 is 10.8. The molecule has 0 radical (unpaired) electrons. The Balaban J connectivity index is 2.54. The summed E-state index contributed by atoms with van der Waals surface area (Å²) in [5.41, 5.74) is 8.55. The van der Waals surface area contributed by atoms with Crippen LogP contribution in [0.3, 0.4) is 0 Å². The normalized spacial score (nSPS) is 12.3. The Morgan fingerprint density at radius 1 is 1.11 bits per heavy atom. The standard InChI is InChI=1S/C15H19NO2S/c1-9-8-10(2)19-15(9)14(16)13-11(17-3)6-5-7-12(13)18-4/h5-8,14H,16H2,1-4H3. The minimum atomic E-state index is -0.232. The molecule has 0 aliphatic carbocycles. The topological polar surface area (TPSA) is 44.5 Å². The molecule has 1 atom stereocenters. The van der Waals surface area contributed by atoms with Crippen LogP contribution in [0.2, 0.25) is 0 Å². The van der Waals surface area contributed by atoms with Gasteiger partial charge in [-0.1, -0.05) is 6.07 Å². The van der Waals surface area contributed by atoms with Gasteiger partial charge in [0.05, 0.1) is 25.8 Å². The van der Waals surface area contributed by atoms with E-state index in [0.717, 1.165) is 21.9 Å². The van der Waals surface area contributed by atoms with Crippen molar-refractivity contribution in [2.45, 2.75) is 19.9 Å². The summed E-state index contributed by atoms with van der Waals surface area (Å²) in [5, 5.41) is 0. The summed E-state index contributed by atoms with van der Waals surface area (Å²) in [7, 11) is 3.30. The van der Waals surface area contributed by atoms with Crippen LogP contribution in [0.25, 0.3) is 0 Å². The lowest BCUT2D eigenvalue weighted by molar-refractivity contribution is 0.382. The van der Waals surface area contributed by atoms with Gasteiger partial charge in [0, 0.05) is 9.75 Å². The molecule has 0 aliphatic rings. The largest absolute Gasteiger partial charge is 0.496 e. The van der Waals surface area contributed by atoms with Crippen LogP contribution in [-0.4, -0.2) is 14.2 Å². The molecule has 2 aromatic rings. The molecule has 0 saturated carbocycles. The molecule has 4 heteroatoms. The van der Waals surface area contributed by atoms with Crippen molar-refractivity contribution in [3.8, 4) is 11.5 Å². The average Bonchev–Trinajstić information content (AvgIpc) is 2.75. The highest BCUT2D eigenvalue weighted by Gasteiger charge is 2.22. The Morgan fingerprint density at radius 2 is 1.68 bits per heavy atom. The zero-order chi connectivity index (χ0) is 14.0. The Bertz CT molecular complexity index is 555. The lowest BCUT2D eigenvalue weighted by Gasteiger charge is -2.18. The molecule has 1 heterocycles. The highest BCUT2D eigenvalue weighted by Crippen LogP contribution is 2.39. The zero-order valence-corrected chi connectivity index (χ0v) is 12.5. The van der Waals surface area contributed by atoms with Crippen LogP contribution in [0.4, 0.5) is 0 Å². The van der Waals surface area contributed by atoms with Gasteiger partial charge in [-0.05, 0) is 37.6 Å². The van der Waals surface area contributed by atoms with E-state index in [1.54, 1.807) is 25.6 Å². The number of hydrogen-bond donors (Lipinski definition) is 1. The number of nitrogens with two attached hydrogens (primary N) is 1. The van der Waals surface area contributed by atoms with Crippen molar-refractivity contribution >= 4 is 11.3 Å². The number of ether oxygens (including phenoxy) is 2. The molecule has 0 aliphatic heterocycles. The quantitative estimate of drug-likeness (QED) is 0.931. The minimum Gasteiger partial charge on any atom is -0.496 e. The molecule has 0 amide bonds. The first-order chi connectivity index (χ1) is 9.08. The van der Waals surface area contributed by atoms with Crippen molar-refractivity contribution in [2.75, 3.05) is 14.2 Å². The van der Waals surface area contributed by atoms with Crippen molar-refractivity contribution in [3.05, 3.63) is 45.1 Å². The minimum absolute atomic E-state index is 0.232. The van der Waals surface area contributed by atoms with Gasteiger partial charge in [-0.3, -0.25) is 0 Å². The van der Waals surface area contributed by atoms with E-state index in [1.807, 2.05) is 18.2 Å². The third kappa shape index (κ3) is 2.60. The third-order valence-corrected chi connectivity index (χ3v) is 4.37. The molecule has 1 aromatic heterocycles. The smallest absolute Gasteiger partial charge is 0.127 e. The molecule has 3 nitrogen and oxygen atoms in total. The van der Waals surface area contributed by atoms with E-state index in [9.17, 15) is 0 Å². The SMILES string of the molecule is COc1cccc(OC)c1C(N)c1sc(C)cc1C. The molecule has 19 heavy (non-hydrogen) atoms. The summed E-state index contributed by atoms with van der Waals surface area (Å²) in [6.45, 7) is 4.17. The fourth-order valence-electron chi connectivity index (χ4n) is 2.29. The van der Waals surface area contributed by atoms with Gasteiger partial charge in [-0.25, -0.2) is 0 Å². The van der Waals surface area contributed by atoms with Gasteiger partial charge >= 0.3 is 0 Å². The van der Waals surface area contributed by atoms with Crippen LogP contribution >= 0.6 is 11.3 Å². The first-order valence-corrected chi connectivity index (χ1v) is 6.93. The van der Waals surface area contributed by atoms with E-state index in [0.29, 0.717) is 0 Å². The number of thiophene rings is 1. The monoisotopic (exact) mass is 277 g/mol. The van der Waals surface area contributed by atoms with E-state index in [-0.39, 0.29) is 6.04 Å². The first-order valence-electron chi connectivity index (χ1n) is 6.12. The molecule has 0 fully saturated rings. The van der Waals surface area contributed by atoms with Crippen molar-refractivity contribution in [3.63, 3.8) is 0 Å². The molecule has 1 aromatic carbocycles. The average molecular weight is 277 g/mol. The predicted molar refractivity (Wildman–Crippen MR) is 79.4 cm³/mol. The molecule has 0 saturated heterocycles. The predicted octanol–water partition coefficient (Wildman–Crippen LogP) is 3.43. The van der Waals surface area contributed by atoms with Crippen molar-refractivity contribution in [1.29, 1.82) is 0 Å². The maximum atomic E-state index is 6.43. The van der Waals surface area contributed by atoms with Crippen LogP contribution < -0.4 is 15.2 Å². The van der Waals surface area contributed by atoms with Crippen LogP contribution in [0.15, 0.2) is 24.3 Å². The van der Waals surface area contributed by atoms with Crippen LogP contribution in [0, 0.1) is 13.8 Å². The molecule has 1 unspecified atom stereocenters. The van der Waals surface area contributed by atoms with Gasteiger partial charge in [0.15, 0.2) is 0 Å². The summed E-state index contributed by atoms with van der Waals surface area (Å²) in [4.78, 5) is 2.41. The van der Waals surface area contributed by atoms with Gasteiger partial charge in [0.1, 0.15) is 11.5 Å². The highest BCUT2D eigenvalue weighted by molar-refractivity contribution is 7.12. The first kappa shape index (κ1) is 13.9. The lowest BCUT2D eigenvalue weighted by Crippen LogP contribution is -2.14. The third-order valence-electron chi connectivity index (χ3n) is 3.14. The van der Waals surface area contributed by atoms with Crippen molar-refractivity contribution in [1.82, 2.24) is 0 Å². The molecule has 0 bridgehead atoms. The second kappa shape index (κ2) is 5.63. The number of aryl methyl sites for hydroxylation is 2.